The van der Waals surface area contributed by atoms with Crippen LogP contribution in [0.5, 0.6) is 0 Å². The van der Waals surface area contributed by atoms with Gasteiger partial charge in [-0.15, -0.1) is 0 Å². The van der Waals surface area contributed by atoms with Crippen LogP contribution in [-0.2, 0) is 11.2 Å². The molecule has 0 aliphatic rings. The van der Waals surface area contributed by atoms with Crippen molar-refractivity contribution in [2.24, 2.45) is 5.92 Å². The summed E-state index contributed by atoms with van der Waals surface area (Å²) in [7, 11) is 0. The maximum Gasteiger partial charge on any atom is 0.333 e. The number of para-hydroxylation sites is 1. The Morgan fingerprint density at radius 2 is 1.77 bits per heavy atom. The van der Waals surface area contributed by atoms with E-state index in [2.05, 4.69) is 10.3 Å². The quantitative estimate of drug-likeness (QED) is 0.737. The minimum atomic E-state index is -0.490. The number of carbonyl (C=O) groups excluding carboxylic acids is 1. The predicted molar refractivity (Wildman–Crippen MR) is 102 cm³/mol. The number of aromatic nitrogens is 2. The van der Waals surface area contributed by atoms with E-state index in [0.29, 0.717) is 29.1 Å². The van der Waals surface area contributed by atoms with Gasteiger partial charge in [-0.2, -0.15) is 0 Å². The van der Waals surface area contributed by atoms with Gasteiger partial charge in [0.15, 0.2) is 0 Å². The number of fused-ring (bicyclic) bond motifs is 1. The Kier molecular flexibility index (Phi) is 5.02. The molecule has 1 aromatic heterocycles. The molecule has 0 saturated heterocycles. The van der Waals surface area contributed by atoms with E-state index < -0.39 is 5.69 Å². The number of carbonyl (C=O) groups is 1. The fraction of sp³-hybridized carbons (Fsp3) is 0.250. The zero-order valence-electron chi connectivity index (χ0n) is 14.8. The van der Waals surface area contributed by atoms with Gasteiger partial charge in [0.25, 0.3) is 5.56 Å². The summed E-state index contributed by atoms with van der Waals surface area (Å²) in [6.45, 7) is 4.71. The molecular formula is C20H21N3O3. The molecule has 0 bridgehead atoms. The van der Waals surface area contributed by atoms with Crippen molar-refractivity contribution in [1.82, 2.24) is 14.9 Å². The van der Waals surface area contributed by atoms with E-state index in [4.69, 9.17) is 0 Å². The Balaban J connectivity index is 1.88. The van der Waals surface area contributed by atoms with Crippen LogP contribution in [0.4, 0.5) is 0 Å². The van der Waals surface area contributed by atoms with Crippen LogP contribution in [0.1, 0.15) is 19.4 Å². The van der Waals surface area contributed by atoms with E-state index in [1.807, 2.05) is 13.8 Å². The van der Waals surface area contributed by atoms with E-state index in [0.717, 1.165) is 10.1 Å². The highest BCUT2D eigenvalue weighted by molar-refractivity contribution is 5.79. The monoisotopic (exact) mass is 351 g/mol. The van der Waals surface area contributed by atoms with E-state index in [9.17, 15) is 14.4 Å². The molecule has 6 heteroatoms. The molecule has 0 unspecified atom stereocenters. The summed E-state index contributed by atoms with van der Waals surface area (Å²) in [5, 5.41) is 3.31. The molecule has 2 N–H and O–H groups in total. The highest BCUT2D eigenvalue weighted by atomic mass is 16.2. The first kappa shape index (κ1) is 17.7. The normalized spacial score (nSPS) is 11.0. The van der Waals surface area contributed by atoms with Crippen molar-refractivity contribution >= 4 is 16.8 Å². The molecule has 134 valence electrons. The van der Waals surface area contributed by atoms with E-state index >= 15 is 0 Å². The summed E-state index contributed by atoms with van der Waals surface area (Å²) in [6, 6.07) is 13.8. The fourth-order valence-electron chi connectivity index (χ4n) is 2.73. The van der Waals surface area contributed by atoms with E-state index in [1.54, 1.807) is 48.5 Å². The first-order chi connectivity index (χ1) is 12.5. The molecule has 26 heavy (non-hydrogen) atoms. The average Bonchev–Trinajstić information content (AvgIpc) is 2.61. The molecule has 6 nitrogen and oxygen atoms in total. The maximum absolute atomic E-state index is 12.6. The van der Waals surface area contributed by atoms with Gasteiger partial charge in [-0.3, -0.25) is 9.59 Å². The second-order valence-corrected chi connectivity index (χ2v) is 6.66. The molecule has 1 heterocycles. The van der Waals surface area contributed by atoms with Crippen molar-refractivity contribution in [3.8, 4) is 5.69 Å². The molecule has 2 aromatic carbocycles. The largest absolute Gasteiger partial charge is 0.356 e. The van der Waals surface area contributed by atoms with Gasteiger partial charge in [0.1, 0.15) is 0 Å². The number of hydrogen-bond acceptors (Lipinski definition) is 3. The topological polar surface area (TPSA) is 84.0 Å². The number of nitrogens with one attached hydrogen (secondary N) is 2. The van der Waals surface area contributed by atoms with Gasteiger partial charge >= 0.3 is 5.69 Å². The van der Waals surface area contributed by atoms with Crippen molar-refractivity contribution in [3.63, 3.8) is 0 Å². The van der Waals surface area contributed by atoms with Crippen LogP contribution in [0.15, 0.2) is 58.1 Å². The summed E-state index contributed by atoms with van der Waals surface area (Å²) in [6.07, 6.45) is 0.260. The van der Waals surface area contributed by atoms with Crippen LogP contribution in [0, 0.1) is 5.92 Å². The molecular weight excluding hydrogens is 330 g/mol. The van der Waals surface area contributed by atoms with Crippen molar-refractivity contribution in [2.45, 2.75) is 20.3 Å². The van der Waals surface area contributed by atoms with Crippen molar-refractivity contribution in [3.05, 3.63) is 74.9 Å². The molecule has 1 amide bonds. The van der Waals surface area contributed by atoms with Gasteiger partial charge in [0, 0.05) is 6.54 Å². The molecule has 3 aromatic rings. The lowest BCUT2D eigenvalue weighted by Crippen LogP contribution is -2.33. The molecule has 3 rings (SSSR count). The molecule has 0 saturated carbocycles. The van der Waals surface area contributed by atoms with Crippen LogP contribution in [-0.4, -0.2) is 22.0 Å². The number of amides is 1. The predicted octanol–water partition coefficient (Wildman–Crippen LogP) is 1.99. The number of benzene rings is 2. The lowest BCUT2D eigenvalue weighted by Gasteiger charge is -2.09. The van der Waals surface area contributed by atoms with Gasteiger partial charge in [0.05, 0.1) is 23.0 Å². The average molecular weight is 351 g/mol. The molecule has 0 atom stereocenters. The third-order valence-electron chi connectivity index (χ3n) is 4.07. The molecule has 0 spiro atoms. The Morgan fingerprint density at radius 3 is 2.46 bits per heavy atom. The standard InChI is InChI=1S/C20H21N3O3/c1-13(2)12-21-18(24)11-14-7-9-15(10-8-14)23-19(25)16-5-3-4-6-17(16)22-20(23)26/h3-10,13H,11-12H2,1-2H3,(H,21,24)(H,22,26). The van der Waals surface area contributed by atoms with Crippen molar-refractivity contribution in [2.75, 3.05) is 6.54 Å². The number of H-pyrrole nitrogens is 1. The van der Waals surface area contributed by atoms with Crippen molar-refractivity contribution < 1.29 is 4.79 Å². The van der Waals surface area contributed by atoms with E-state index in [-0.39, 0.29) is 17.9 Å². The van der Waals surface area contributed by atoms with Crippen LogP contribution in [0.25, 0.3) is 16.6 Å². The highest BCUT2D eigenvalue weighted by Gasteiger charge is 2.10. The summed E-state index contributed by atoms with van der Waals surface area (Å²) >= 11 is 0. The molecule has 0 aliphatic heterocycles. The van der Waals surface area contributed by atoms with Crippen LogP contribution in [0.2, 0.25) is 0 Å². The Labute approximate surface area is 150 Å². The minimum Gasteiger partial charge on any atom is -0.356 e. The van der Waals surface area contributed by atoms with Gasteiger partial charge in [-0.05, 0) is 35.7 Å². The number of aromatic amines is 1. The lowest BCUT2D eigenvalue weighted by atomic mass is 10.1. The molecule has 0 radical (unpaired) electrons. The second kappa shape index (κ2) is 7.39. The Hall–Kier alpha value is -3.15. The first-order valence-corrected chi connectivity index (χ1v) is 8.56. The van der Waals surface area contributed by atoms with Gasteiger partial charge < -0.3 is 10.3 Å². The number of rotatable bonds is 5. The van der Waals surface area contributed by atoms with Crippen molar-refractivity contribution in [1.29, 1.82) is 0 Å². The number of hydrogen-bond donors (Lipinski definition) is 2. The summed E-state index contributed by atoms with van der Waals surface area (Å²) in [5.41, 5.74) is 0.939. The zero-order chi connectivity index (χ0) is 18.7. The SMILES string of the molecule is CC(C)CNC(=O)Cc1ccc(-n2c(=O)[nH]c3ccccc3c2=O)cc1. The fourth-order valence-corrected chi connectivity index (χ4v) is 2.73. The highest BCUT2D eigenvalue weighted by Crippen LogP contribution is 2.09. The Morgan fingerprint density at radius 1 is 1.08 bits per heavy atom. The molecule has 0 fully saturated rings. The van der Waals surface area contributed by atoms with E-state index in [1.165, 1.54) is 0 Å². The summed E-state index contributed by atoms with van der Waals surface area (Å²) in [5.74, 6) is 0.347. The molecule has 0 aliphatic carbocycles. The Bertz CT molecular complexity index is 1050. The van der Waals surface area contributed by atoms with Crippen LogP contribution in [0.3, 0.4) is 0 Å². The zero-order valence-corrected chi connectivity index (χ0v) is 14.8. The van der Waals surface area contributed by atoms with Gasteiger partial charge in [-0.1, -0.05) is 38.1 Å². The van der Waals surface area contributed by atoms with Crippen LogP contribution >= 0.6 is 0 Å². The lowest BCUT2D eigenvalue weighted by molar-refractivity contribution is -0.120. The smallest absolute Gasteiger partial charge is 0.333 e. The minimum absolute atomic E-state index is 0.0489. The third kappa shape index (κ3) is 3.74. The first-order valence-electron chi connectivity index (χ1n) is 8.56. The van der Waals surface area contributed by atoms with Gasteiger partial charge in [0.2, 0.25) is 5.91 Å². The second-order valence-electron chi connectivity index (χ2n) is 6.66. The van der Waals surface area contributed by atoms with Crippen LogP contribution < -0.4 is 16.6 Å². The third-order valence-corrected chi connectivity index (χ3v) is 4.07. The summed E-state index contributed by atoms with van der Waals surface area (Å²) in [4.78, 5) is 39.6. The van der Waals surface area contributed by atoms with Gasteiger partial charge in [-0.25, -0.2) is 9.36 Å². The maximum atomic E-state index is 12.6. The summed E-state index contributed by atoms with van der Waals surface area (Å²) < 4.78 is 1.10. The number of nitrogens with zero attached hydrogens (tertiary/aromatic N) is 1.